The van der Waals surface area contributed by atoms with Crippen molar-refractivity contribution in [3.8, 4) is 0 Å². The molecule has 1 saturated carbocycles. The van der Waals surface area contributed by atoms with Crippen molar-refractivity contribution in [1.82, 2.24) is 4.90 Å². The highest BCUT2D eigenvalue weighted by Crippen LogP contribution is 2.33. The third kappa shape index (κ3) is 4.94. The molecule has 1 heterocycles. The van der Waals surface area contributed by atoms with Crippen molar-refractivity contribution < 1.29 is 27.6 Å². The van der Waals surface area contributed by atoms with Gasteiger partial charge >= 0.3 is 6.18 Å². The van der Waals surface area contributed by atoms with E-state index in [9.17, 15) is 27.6 Å². The van der Waals surface area contributed by atoms with E-state index in [-0.39, 0.29) is 28.0 Å². The lowest BCUT2D eigenvalue weighted by Gasteiger charge is -2.29. The fourth-order valence-electron chi connectivity index (χ4n) is 4.16. The first kappa shape index (κ1) is 23.8. The van der Waals surface area contributed by atoms with Gasteiger partial charge in [-0.15, -0.1) is 0 Å². The number of hydrogen-bond donors (Lipinski definition) is 2. The predicted octanol–water partition coefficient (Wildman–Crippen LogP) is 5.52. The summed E-state index contributed by atoms with van der Waals surface area (Å²) in [5.74, 6) is -1.69. The SMILES string of the molecule is O=C(Nc1cccc(C(F)(F)F)c1)c1cccc(NC2=C(Cl)C(=O)N(C3CCCCC3)C2=O)c1. The standard InChI is InChI=1S/C24H21ClF3N3O3/c25-19-20(23(34)31(22(19)33)18-10-2-1-3-11-18)29-16-8-4-6-14(12-16)21(32)30-17-9-5-7-15(13-17)24(26,27)28/h4-9,12-13,18,29H,1-3,10-11H2,(H,30,32). The Kier molecular flexibility index (Phi) is 6.65. The summed E-state index contributed by atoms with van der Waals surface area (Å²) in [6.07, 6.45) is -0.126. The second-order valence-corrected chi connectivity index (χ2v) is 8.58. The lowest BCUT2D eigenvalue weighted by molar-refractivity contribution is -0.141. The Morgan fingerprint density at radius 2 is 1.62 bits per heavy atom. The van der Waals surface area contributed by atoms with Gasteiger partial charge < -0.3 is 10.6 Å². The summed E-state index contributed by atoms with van der Waals surface area (Å²) in [4.78, 5) is 39.4. The lowest BCUT2D eigenvalue weighted by atomic mass is 9.94. The van der Waals surface area contributed by atoms with Crippen molar-refractivity contribution in [2.45, 2.75) is 44.3 Å². The van der Waals surface area contributed by atoms with E-state index >= 15 is 0 Å². The molecule has 0 unspecified atom stereocenters. The summed E-state index contributed by atoms with van der Waals surface area (Å²) < 4.78 is 38.8. The molecule has 0 aromatic heterocycles. The highest BCUT2D eigenvalue weighted by atomic mass is 35.5. The van der Waals surface area contributed by atoms with Crippen molar-refractivity contribution >= 4 is 40.7 Å². The number of nitrogens with one attached hydrogen (secondary N) is 2. The van der Waals surface area contributed by atoms with E-state index in [1.165, 1.54) is 35.2 Å². The van der Waals surface area contributed by atoms with E-state index in [1.54, 1.807) is 6.07 Å². The van der Waals surface area contributed by atoms with Gasteiger partial charge in [-0.05, 0) is 49.2 Å². The molecule has 10 heteroatoms. The molecule has 2 N–H and O–H groups in total. The average Bonchev–Trinajstić information content (AvgIpc) is 3.02. The van der Waals surface area contributed by atoms with Crippen LogP contribution in [-0.2, 0) is 15.8 Å². The molecule has 0 radical (unpaired) electrons. The lowest BCUT2D eigenvalue weighted by Crippen LogP contribution is -2.42. The second-order valence-electron chi connectivity index (χ2n) is 8.20. The fourth-order valence-corrected chi connectivity index (χ4v) is 4.38. The molecule has 178 valence electrons. The molecular weight excluding hydrogens is 471 g/mol. The first-order valence-corrected chi connectivity index (χ1v) is 11.2. The maximum atomic E-state index is 12.9. The van der Waals surface area contributed by atoms with Gasteiger partial charge in [0.1, 0.15) is 10.7 Å². The molecule has 0 bridgehead atoms. The number of hydrogen-bond acceptors (Lipinski definition) is 4. The van der Waals surface area contributed by atoms with Gasteiger partial charge in [-0.25, -0.2) is 0 Å². The number of alkyl halides is 3. The van der Waals surface area contributed by atoms with Gasteiger partial charge in [0.05, 0.1) is 5.56 Å². The molecule has 1 aliphatic heterocycles. The summed E-state index contributed by atoms with van der Waals surface area (Å²) >= 11 is 6.18. The number of halogens is 4. The average molecular weight is 492 g/mol. The Morgan fingerprint density at radius 1 is 0.941 bits per heavy atom. The molecule has 2 aliphatic rings. The van der Waals surface area contributed by atoms with Crippen LogP contribution in [0.15, 0.2) is 59.3 Å². The summed E-state index contributed by atoms with van der Waals surface area (Å²) in [6, 6.07) is 10.1. The number of benzene rings is 2. The van der Waals surface area contributed by atoms with Gasteiger partial charge in [-0.3, -0.25) is 19.3 Å². The van der Waals surface area contributed by atoms with Gasteiger partial charge in [0.15, 0.2) is 0 Å². The largest absolute Gasteiger partial charge is 0.416 e. The number of nitrogens with zero attached hydrogens (tertiary/aromatic N) is 1. The first-order chi connectivity index (χ1) is 16.1. The van der Waals surface area contributed by atoms with Crippen LogP contribution in [-0.4, -0.2) is 28.7 Å². The van der Waals surface area contributed by atoms with E-state index in [1.807, 2.05) is 0 Å². The molecule has 1 aliphatic carbocycles. The van der Waals surface area contributed by atoms with Crippen LogP contribution < -0.4 is 10.6 Å². The zero-order valence-corrected chi connectivity index (χ0v) is 18.7. The Bertz CT molecular complexity index is 1170. The highest BCUT2D eigenvalue weighted by Gasteiger charge is 2.42. The molecule has 4 rings (SSSR count). The van der Waals surface area contributed by atoms with Crippen LogP contribution in [0.1, 0.15) is 48.0 Å². The van der Waals surface area contributed by atoms with Crippen LogP contribution in [0, 0.1) is 0 Å². The van der Waals surface area contributed by atoms with E-state index < -0.39 is 29.5 Å². The van der Waals surface area contributed by atoms with Crippen LogP contribution in [0.2, 0.25) is 0 Å². The molecule has 1 fully saturated rings. The van der Waals surface area contributed by atoms with Crippen LogP contribution in [0.5, 0.6) is 0 Å². The molecule has 0 saturated heterocycles. The van der Waals surface area contributed by atoms with Crippen LogP contribution in [0.3, 0.4) is 0 Å². The minimum Gasteiger partial charge on any atom is -0.350 e. The maximum absolute atomic E-state index is 12.9. The van der Waals surface area contributed by atoms with E-state index in [0.29, 0.717) is 5.69 Å². The topological polar surface area (TPSA) is 78.5 Å². The maximum Gasteiger partial charge on any atom is 0.416 e. The van der Waals surface area contributed by atoms with E-state index in [2.05, 4.69) is 10.6 Å². The van der Waals surface area contributed by atoms with Crippen LogP contribution in [0.25, 0.3) is 0 Å². The molecular formula is C24H21ClF3N3O3. The summed E-state index contributed by atoms with van der Waals surface area (Å²) in [7, 11) is 0. The molecule has 3 amide bonds. The smallest absolute Gasteiger partial charge is 0.350 e. The second kappa shape index (κ2) is 9.50. The van der Waals surface area contributed by atoms with Gasteiger partial charge in [-0.1, -0.05) is 43.0 Å². The molecule has 0 atom stereocenters. The zero-order valence-electron chi connectivity index (χ0n) is 17.9. The zero-order chi connectivity index (χ0) is 24.5. The number of rotatable bonds is 5. The number of amides is 3. The van der Waals surface area contributed by atoms with Gasteiger partial charge in [0.25, 0.3) is 17.7 Å². The number of imide groups is 1. The molecule has 2 aromatic carbocycles. The molecule has 34 heavy (non-hydrogen) atoms. The van der Waals surface area contributed by atoms with Crippen molar-refractivity contribution in [2.75, 3.05) is 10.6 Å². The minimum absolute atomic E-state index is 0.0105. The quantitative estimate of drug-likeness (QED) is 0.540. The molecule has 2 aromatic rings. The summed E-state index contributed by atoms with van der Waals surface area (Å²) in [6.45, 7) is 0. The predicted molar refractivity (Wildman–Crippen MR) is 121 cm³/mol. The fraction of sp³-hybridized carbons (Fsp3) is 0.292. The van der Waals surface area contributed by atoms with Crippen LogP contribution in [0.4, 0.5) is 24.5 Å². The normalized spacial score (nSPS) is 17.4. The van der Waals surface area contributed by atoms with Crippen molar-refractivity contribution in [2.24, 2.45) is 0 Å². The highest BCUT2D eigenvalue weighted by molar-refractivity contribution is 6.48. The molecule has 6 nitrogen and oxygen atoms in total. The Balaban J connectivity index is 1.49. The summed E-state index contributed by atoms with van der Waals surface area (Å²) in [5, 5.41) is 5.05. The van der Waals surface area contributed by atoms with E-state index in [4.69, 9.17) is 11.6 Å². The van der Waals surface area contributed by atoms with Crippen molar-refractivity contribution in [3.63, 3.8) is 0 Å². The molecule has 0 spiro atoms. The summed E-state index contributed by atoms with van der Waals surface area (Å²) in [5.41, 5.74) is -0.484. The third-order valence-electron chi connectivity index (χ3n) is 5.84. The van der Waals surface area contributed by atoms with Crippen molar-refractivity contribution in [3.05, 3.63) is 70.4 Å². The minimum atomic E-state index is -4.53. The number of anilines is 2. The van der Waals surface area contributed by atoms with E-state index in [0.717, 1.165) is 44.2 Å². The Morgan fingerprint density at radius 3 is 2.32 bits per heavy atom. The van der Waals surface area contributed by atoms with Gasteiger partial charge in [0, 0.05) is 23.0 Å². The van der Waals surface area contributed by atoms with Gasteiger partial charge in [0.2, 0.25) is 0 Å². The van der Waals surface area contributed by atoms with Gasteiger partial charge in [-0.2, -0.15) is 13.2 Å². The van der Waals surface area contributed by atoms with Crippen molar-refractivity contribution in [1.29, 1.82) is 0 Å². The third-order valence-corrected chi connectivity index (χ3v) is 6.19. The first-order valence-electron chi connectivity index (χ1n) is 10.8. The Labute approximate surface area is 198 Å². The van der Waals surface area contributed by atoms with Crippen LogP contribution >= 0.6 is 11.6 Å². The monoisotopic (exact) mass is 491 g/mol. The number of carbonyl (C=O) groups is 3. The Hall–Kier alpha value is -3.33. The number of carbonyl (C=O) groups excluding carboxylic acids is 3.